The van der Waals surface area contributed by atoms with Crippen LogP contribution in [0.25, 0.3) is 0 Å². The summed E-state index contributed by atoms with van der Waals surface area (Å²) < 4.78 is 6.65. The van der Waals surface area contributed by atoms with Gasteiger partial charge in [-0.05, 0) is 17.7 Å². The van der Waals surface area contributed by atoms with Gasteiger partial charge in [0.05, 0.1) is 6.61 Å². The molecular weight excluding hydrogens is 328 g/mol. The lowest BCUT2D eigenvalue weighted by atomic mass is 10.2. The van der Waals surface area contributed by atoms with Gasteiger partial charge in [0.15, 0.2) is 0 Å². The van der Waals surface area contributed by atoms with Crippen molar-refractivity contribution in [2.75, 3.05) is 0 Å². The van der Waals surface area contributed by atoms with E-state index >= 15 is 0 Å². The van der Waals surface area contributed by atoms with E-state index in [9.17, 15) is 5.11 Å². The zero-order chi connectivity index (χ0) is 16.1. The molecule has 21 heavy (non-hydrogen) atoms. The number of aliphatic hydroxyl groups excluding tert-OH is 1. The van der Waals surface area contributed by atoms with E-state index in [0.29, 0.717) is 12.4 Å². The fourth-order valence-electron chi connectivity index (χ4n) is 1.53. The van der Waals surface area contributed by atoms with Crippen LogP contribution in [0.3, 0.4) is 0 Å². The highest BCUT2D eigenvalue weighted by Gasteiger charge is 2.03. The molecule has 2 aromatic rings. The second-order valence-corrected chi connectivity index (χ2v) is 4.60. The molecule has 3 heteroatoms. The lowest BCUT2D eigenvalue weighted by Gasteiger charge is -2.10. The third-order valence-corrected chi connectivity index (χ3v) is 2.93. The van der Waals surface area contributed by atoms with Crippen LogP contribution in [0.1, 0.15) is 38.8 Å². The van der Waals surface area contributed by atoms with Gasteiger partial charge in [-0.2, -0.15) is 0 Å². The quantitative estimate of drug-likeness (QED) is 0.778. The largest absolute Gasteiger partial charge is 0.488 e. The van der Waals surface area contributed by atoms with E-state index in [1.165, 1.54) is 0 Å². The van der Waals surface area contributed by atoms with Gasteiger partial charge >= 0.3 is 0 Å². The molecule has 1 N–H and O–H groups in total. The van der Waals surface area contributed by atoms with Crippen LogP contribution in [-0.4, -0.2) is 5.11 Å². The smallest absolute Gasteiger partial charge is 0.126 e. The lowest BCUT2D eigenvalue weighted by molar-refractivity contribution is 0.259. The summed E-state index contributed by atoms with van der Waals surface area (Å²) in [6, 6.07) is 15.6. The van der Waals surface area contributed by atoms with Crippen molar-refractivity contribution in [1.29, 1.82) is 0 Å². The van der Waals surface area contributed by atoms with Crippen molar-refractivity contribution in [2.45, 2.75) is 40.9 Å². The third kappa shape index (κ3) is 7.30. The number of rotatable bonds is 4. The average Bonchev–Trinajstić information content (AvgIpc) is 2.58. The second-order valence-electron chi connectivity index (χ2n) is 3.68. The van der Waals surface area contributed by atoms with E-state index in [4.69, 9.17) is 4.74 Å². The van der Waals surface area contributed by atoms with Crippen molar-refractivity contribution in [3.05, 3.63) is 64.1 Å². The Morgan fingerprint density at radius 2 is 1.57 bits per heavy atom. The molecule has 0 atom stereocenters. The Morgan fingerprint density at radius 3 is 2.14 bits per heavy atom. The molecule has 0 amide bonds. The summed E-state index contributed by atoms with van der Waals surface area (Å²) in [7, 11) is 0. The van der Waals surface area contributed by atoms with Gasteiger partial charge < -0.3 is 9.84 Å². The minimum atomic E-state index is -0.0165. The number of ether oxygens (including phenoxy) is 1. The molecule has 0 aliphatic heterocycles. The molecule has 0 aromatic heterocycles. The van der Waals surface area contributed by atoms with E-state index in [2.05, 4.69) is 15.9 Å². The van der Waals surface area contributed by atoms with Crippen molar-refractivity contribution >= 4 is 15.9 Å². The second kappa shape index (κ2) is 12.4. The molecule has 0 heterocycles. The summed E-state index contributed by atoms with van der Waals surface area (Å²) in [6.45, 7) is 8.49. The number of aliphatic hydroxyl groups is 1. The average molecular weight is 353 g/mol. The van der Waals surface area contributed by atoms with E-state index in [1.807, 2.05) is 76.2 Å². The number of hydrogen-bond acceptors (Lipinski definition) is 2. The Morgan fingerprint density at radius 1 is 0.952 bits per heavy atom. The Balaban J connectivity index is 0.000000921. The number of halogens is 1. The van der Waals surface area contributed by atoms with Crippen molar-refractivity contribution in [3.8, 4) is 5.75 Å². The molecule has 2 nitrogen and oxygen atoms in total. The van der Waals surface area contributed by atoms with E-state index in [0.717, 1.165) is 15.6 Å². The highest BCUT2D eigenvalue weighted by Crippen LogP contribution is 2.24. The van der Waals surface area contributed by atoms with Crippen molar-refractivity contribution in [3.63, 3.8) is 0 Å². The Kier molecular flexibility index (Phi) is 11.6. The zero-order valence-electron chi connectivity index (χ0n) is 13.3. The van der Waals surface area contributed by atoms with Gasteiger partial charge in [0, 0.05) is 10.0 Å². The van der Waals surface area contributed by atoms with Crippen LogP contribution in [0.15, 0.2) is 53.0 Å². The van der Waals surface area contributed by atoms with Crippen molar-refractivity contribution in [2.24, 2.45) is 0 Å². The SMILES string of the molecule is CC.CC.OCc1ccc(Br)cc1OCc1ccccc1. The van der Waals surface area contributed by atoms with E-state index < -0.39 is 0 Å². The predicted molar refractivity (Wildman–Crippen MR) is 93.5 cm³/mol. The third-order valence-electron chi connectivity index (χ3n) is 2.44. The van der Waals surface area contributed by atoms with Gasteiger partial charge in [-0.15, -0.1) is 0 Å². The highest BCUT2D eigenvalue weighted by molar-refractivity contribution is 9.10. The molecule has 0 radical (unpaired) electrons. The summed E-state index contributed by atoms with van der Waals surface area (Å²) in [6.07, 6.45) is 0. The topological polar surface area (TPSA) is 29.5 Å². The van der Waals surface area contributed by atoms with Crippen LogP contribution in [0.5, 0.6) is 5.75 Å². The van der Waals surface area contributed by atoms with Gasteiger partial charge in [-0.3, -0.25) is 0 Å². The molecule has 0 aliphatic rings. The molecule has 0 unspecified atom stereocenters. The molecular formula is C18H25BrO2. The Labute approximate surface area is 136 Å². The van der Waals surface area contributed by atoms with Crippen LogP contribution in [0, 0.1) is 0 Å². The van der Waals surface area contributed by atoms with Crippen LogP contribution >= 0.6 is 15.9 Å². The van der Waals surface area contributed by atoms with Crippen LogP contribution in [0.4, 0.5) is 0 Å². The maximum Gasteiger partial charge on any atom is 0.126 e. The van der Waals surface area contributed by atoms with Gasteiger partial charge in [0.1, 0.15) is 12.4 Å². The summed E-state index contributed by atoms with van der Waals surface area (Å²) in [5, 5.41) is 9.21. The minimum absolute atomic E-state index is 0.0165. The highest BCUT2D eigenvalue weighted by atomic mass is 79.9. The molecule has 116 valence electrons. The van der Waals surface area contributed by atoms with E-state index in [1.54, 1.807) is 0 Å². The maximum absolute atomic E-state index is 9.21. The predicted octanol–water partition coefficient (Wildman–Crippen LogP) is 5.57. The first kappa shape index (κ1) is 19.7. The van der Waals surface area contributed by atoms with Crippen molar-refractivity contribution in [1.82, 2.24) is 0 Å². The molecule has 0 saturated heterocycles. The molecule has 2 aromatic carbocycles. The fourth-order valence-corrected chi connectivity index (χ4v) is 1.87. The summed E-state index contributed by atoms with van der Waals surface area (Å²) in [5.41, 5.74) is 1.90. The first-order valence-electron chi connectivity index (χ1n) is 7.35. The van der Waals surface area contributed by atoms with Gasteiger partial charge in [-0.25, -0.2) is 0 Å². The maximum atomic E-state index is 9.21. The molecule has 0 saturated carbocycles. The monoisotopic (exact) mass is 352 g/mol. The van der Waals surface area contributed by atoms with Gasteiger partial charge in [0.25, 0.3) is 0 Å². The van der Waals surface area contributed by atoms with Crippen LogP contribution in [0.2, 0.25) is 0 Å². The molecule has 0 aliphatic carbocycles. The van der Waals surface area contributed by atoms with Gasteiger partial charge in [-0.1, -0.05) is 80.0 Å². The summed E-state index contributed by atoms with van der Waals surface area (Å²) >= 11 is 3.39. The minimum Gasteiger partial charge on any atom is -0.488 e. The van der Waals surface area contributed by atoms with Crippen LogP contribution < -0.4 is 4.74 Å². The van der Waals surface area contributed by atoms with Gasteiger partial charge in [0.2, 0.25) is 0 Å². The number of hydrogen-bond donors (Lipinski definition) is 1. The first-order valence-corrected chi connectivity index (χ1v) is 8.15. The zero-order valence-corrected chi connectivity index (χ0v) is 14.9. The molecule has 2 rings (SSSR count). The van der Waals surface area contributed by atoms with Crippen molar-refractivity contribution < 1.29 is 9.84 Å². The molecule has 0 fully saturated rings. The standard InChI is InChI=1S/C14H13BrO2.2C2H6/c15-13-7-6-12(9-16)14(8-13)17-10-11-4-2-1-3-5-11;2*1-2/h1-8,16H,9-10H2;2*1-2H3. The summed E-state index contributed by atoms with van der Waals surface area (Å²) in [4.78, 5) is 0. The molecule has 0 bridgehead atoms. The fraction of sp³-hybridized carbons (Fsp3) is 0.333. The number of benzene rings is 2. The van der Waals surface area contributed by atoms with Crippen LogP contribution in [-0.2, 0) is 13.2 Å². The normalized spacial score (nSPS) is 8.86. The Bertz CT molecular complexity index is 484. The summed E-state index contributed by atoms with van der Waals surface area (Å²) in [5.74, 6) is 0.714. The molecule has 0 spiro atoms. The Hall–Kier alpha value is -1.32. The van der Waals surface area contributed by atoms with E-state index in [-0.39, 0.29) is 6.61 Å². The first-order chi connectivity index (χ1) is 10.3. The lowest BCUT2D eigenvalue weighted by Crippen LogP contribution is -1.98.